The predicted octanol–water partition coefficient (Wildman–Crippen LogP) is 4.41. The molecular weight excluding hydrogens is 390 g/mol. The summed E-state index contributed by atoms with van der Waals surface area (Å²) in [5, 5.41) is 6.22. The summed E-state index contributed by atoms with van der Waals surface area (Å²) < 4.78 is 5.42. The highest BCUT2D eigenvalue weighted by Crippen LogP contribution is 2.24. The lowest BCUT2D eigenvalue weighted by atomic mass is 10.1. The molecule has 0 spiro atoms. The summed E-state index contributed by atoms with van der Waals surface area (Å²) in [5.74, 6) is 1.42. The smallest absolute Gasteiger partial charge is 0.255 e. The van der Waals surface area contributed by atoms with E-state index in [0.29, 0.717) is 24.7 Å². The summed E-state index contributed by atoms with van der Waals surface area (Å²) in [6, 6.07) is 15.3. The molecule has 0 radical (unpaired) electrons. The third kappa shape index (κ3) is 4.36. The van der Waals surface area contributed by atoms with E-state index >= 15 is 0 Å². The molecule has 2 aliphatic rings. The lowest BCUT2D eigenvalue weighted by molar-refractivity contribution is 0.102. The van der Waals surface area contributed by atoms with E-state index in [4.69, 9.17) is 4.74 Å². The average molecular weight is 415 g/mol. The molecule has 5 rings (SSSR count). The largest absolute Gasteiger partial charge is 0.372 e. The first-order valence-corrected chi connectivity index (χ1v) is 10.6. The van der Waals surface area contributed by atoms with Crippen LogP contribution in [0.2, 0.25) is 0 Å². The molecule has 0 bridgehead atoms. The van der Waals surface area contributed by atoms with Gasteiger partial charge >= 0.3 is 0 Å². The molecular formula is C24H25N5O2. The highest BCUT2D eigenvalue weighted by atomic mass is 16.5. The van der Waals surface area contributed by atoms with Crippen LogP contribution in [0.1, 0.15) is 40.0 Å². The first-order valence-electron chi connectivity index (χ1n) is 10.6. The Kier molecular flexibility index (Phi) is 5.26. The molecule has 2 N–H and O–H groups in total. The van der Waals surface area contributed by atoms with Gasteiger partial charge < -0.3 is 20.3 Å². The average Bonchev–Trinajstić information content (AvgIpc) is 3.46. The van der Waals surface area contributed by atoms with Gasteiger partial charge in [0, 0.05) is 41.8 Å². The van der Waals surface area contributed by atoms with E-state index in [9.17, 15) is 4.79 Å². The van der Waals surface area contributed by atoms with Crippen LogP contribution < -0.4 is 15.5 Å². The molecule has 3 aromatic rings. The fourth-order valence-electron chi connectivity index (χ4n) is 4.00. The van der Waals surface area contributed by atoms with Crippen molar-refractivity contribution < 1.29 is 9.53 Å². The van der Waals surface area contributed by atoms with E-state index in [0.717, 1.165) is 47.1 Å². The lowest BCUT2D eigenvalue weighted by Gasteiger charge is -2.17. The first kappa shape index (κ1) is 19.5. The summed E-state index contributed by atoms with van der Waals surface area (Å²) in [6.07, 6.45) is 2.41. The van der Waals surface area contributed by atoms with Gasteiger partial charge in [0.15, 0.2) is 0 Å². The number of anilines is 4. The Morgan fingerprint density at radius 1 is 0.935 bits per heavy atom. The number of carbonyl (C=O) groups excluding carboxylic acids is 1. The van der Waals surface area contributed by atoms with Crippen molar-refractivity contribution >= 4 is 29.0 Å². The molecule has 1 aromatic heterocycles. The van der Waals surface area contributed by atoms with Gasteiger partial charge in [0.05, 0.1) is 13.2 Å². The Labute approximate surface area is 181 Å². The standard InChI is InChI=1S/C24H25N5O2/c1-16-12-22(29-10-2-3-11-29)28-24(25-16)27-21-8-6-20(7-9-21)26-23(30)17-4-5-18-14-31-15-19(18)13-17/h4-9,12-13H,2-3,10-11,14-15H2,1H3,(H,26,30)(H,25,27,28). The number of nitrogens with one attached hydrogen (secondary N) is 2. The number of hydrogen-bond donors (Lipinski definition) is 2. The Balaban J connectivity index is 1.25. The Morgan fingerprint density at radius 2 is 1.68 bits per heavy atom. The van der Waals surface area contributed by atoms with E-state index in [1.165, 1.54) is 12.8 Å². The number of amides is 1. The Morgan fingerprint density at radius 3 is 2.48 bits per heavy atom. The van der Waals surface area contributed by atoms with Gasteiger partial charge in [-0.1, -0.05) is 6.07 Å². The lowest BCUT2D eigenvalue weighted by Crippen LogP contribution is -2.19. The number of hydrogen-bond acceptors (Lipinski definition) is 6. The van der Waals surface area contributed by atoms with Crippen LogP contribution in [0.15, 0.2) is 48.5 Å². The quantitative estimate of drug-likeness (QED) is 0.643. The van der Waals surface area contributed by atoms with E-state index in [2.05, 4.69) is 25.5 Å². The Bertz CT molecular complexity index is 1110. The van der Waals surface area contributed by atoms with Crippen LogP contribution >= 0.6 is 0 Å². The molecule has 3 heterocycles. The molecule has 0 aliphatic carbocycles. The number of nitrogens with zero attached hydrogens (tertiary/aromatic N) is 3. The van der Waals surface area contributed by atoms with Crippen LogP contribution in [0, 0.1) is 6.92 Å². The zero-order valence-corrected chi connectivity index (χ0v) is 17.5. The minimum Gasteiger partial charge on any atom is -0.372 e. The van der Waals surface area contributed by atoms with E-state index < -0.39 is 0 Å². The SMILES string of the molecule is Cc1cc(N2CCCC2)nc(Nc2ccc(NC(=O)c3ccc4c(c3)COC4)cc2)n1. The second kappa shape index (κ2) is 8.35. The van der Waals surface area contributed by atoms with Crippen molar-refractivity contribution in [2.24, 2.45) is 0 Å². The predicted molar refractivity (Wildman–Crippen MR) is 121 cm³/mol. The summed E-state index contributed by atoms with van der Waals surface area (Å²) >= 11 is 0. The first-order chi connectivity index (χ1) is 15.1. The molecule has 7 nitrogen and oxygen atoms in total. The van der Waals surface area contributed by atoms with Crippen LogP contribution in [-0.2, 0) is 18.0 Å². The topological polar surface area (TPSA) is 79.4 Å². The zero-order chi connectivity index (χ0) is 21.2. The molecule has 7 heteroatoms. The van der Waals surface area contributed by atoms with Crippen molar-refractivity contribution in [3.8, 4) is 0 Å². The number of rotatable bonds is 5. The molecule has 2 aromatic carbocycles. The number of aromatic nitrogens is 2. The highest BCUT2D eigenvalue weighted by molar-refractivity contribution is 6.04. The van der Waals surface area contributed by atoms with Crippen molar-refractivity contribution in [1.82, 2.24) is 9.97 Å². The van der Waals surface area contributed by atoms with Gasteiger partial charge in [-0.25, -0.2) is 4.98 Å². The summed E-state index contributed by atoms with van der Waals surface area (Å²) in [4.78, 5) is 24.1. The van der Waals surface area contributed by atoms with Crippen LogP contribution in [0.25, 0.3) is 0 Å². The third-order valence-corrected chi connectivity index (χ3v) is 5.65. The van der Waals surface area contributed by atoms with Gasteiger partial charge in [0.25, 0.3) is 5.91 Å². The normalized spacial score (nSPS) is 15.1. The fourth-order valence-corrected chi connectivity index (χ4v) is 4.00. The monoisotopic (exact) mass is 415 g/mol. The second-order valence-corrected chi connectivity index (χ2v) is 8.02. The molecule has 158 valence electrons. The molecule has 0 saturated carbocycles. The summed E-state index contributed by atoms with van der Waals surface area (Å²) in [5.41, 5.74) is 5.40. The number of fused-ring (bicyclic) bond motifs is 1. The van der Waals surface area contributed by atoms with E-state index in [-0.39, 0.29) is 5.91 Å². The molecule has 1 fully saturated rings. The van der Waals surface area contributed by atoms with Crippen LogP contribution in [0.5, 0.6) is 0 Å². The van der Waals surface area contributed by atoms with Gasteiger partial charge in [-0.2, -0.15) is 4.98 Å². The summed E-state index contributed by atoms with van der Waals surface area (Å²) in [7, 11) is 0. The van der Waals surface area contributed by atoms with Crippen molar-refractivity contribution in [2.45, 2.75) is 33.0 Å². The number of ether oxygens (including phenoxy) is 1. The second-order valence-electron chi connectivity index (χ2n) is 8.02. The maximum atomic E-state index is 12.6. The van der Waals surface area contributed by atoms with Gasteiger partial charge in [0.1, 0.15) is 5.82 Å². The van der Waals surface area contributed by atoms with Crippen molar-refractivity contribution in [3.63, 3.8) is 0 Å². The van der Waals surface area contributed by atoms with Crippen LogP contribution in [-0.4, -0.2) is 29.0 Å². The molecule has 31 heavy (non-hydrogen) atoms. The minimum absolute atomic E-state index is 0.132. The minimum atomic E-state index is -0.132. The van der Waals surface area contributed by atoms with E-state index in [1.807, 2.05) is 55.5 Å². The van der Waals surface area contributed by atoms with Crippen molar-refractivity contribution in [1.29, 1.82) is 0 Å². The van der Waals surface area contributed by atoms with Gasteiger partial charge in [-0.15, -0.1) is 0 Å². The van der Waals surface area contributed by atoms with Gasteiger partial charge in [-0.3, -0.25) is 4.79 Å². The number of benzene rings is 2. The molecule has 0 unspecified atom stereocenters. The molecule has 1 amide bonds. The molecule has 2 aliphatic heterocycles. The van der Waals surface area contributed by atoms with Crippen molar-refractivity contribution in [3.05, 3.63) is 70.9 Å². The van der Waals surface area contributed by atoms with Crippen molar-refractivity contribution in [2.75, 3.05) is 28.6 Å². The summed E-state index contributed by atoms with van der Waals surface area (Å²) in [6.45, 7) is 5.26. The number of aryl methyl sites for hydroxylation is 1. The molecule has 1 saturated heterocycles. The zero-order valence-electron chi connectivity index (χ0n) is 17.5. The maximum absolute atomic E-state index is 12.6. The number of carbonyl (C=O) groups is 1. The van der Waals surface area contributed by atoms with Crippen LogP contribution in [0.3, 0.4) is 0 Å². The Hall–Kier alpha value is -3.45. The highest BCUT2D eigenvalue weighted by Gasteiger charge is 2.16. The van der Waals surface area contributed by atoms with Gasteiger partial charge in [-0.05, 0) is 67.3 Å². The maximum Gasteiger partial charge on any atom is 0.255 e. The van der Waals surface area contributed by atoms with Gasteiger partial charge in [0.2, 0.25) is 5.95 Å². The molecule has 0 atom stereocenters. The van der Waals surface area contributed by atoms with E-state index in [1.54, 1.807) is 0 Å². The third-order valence-electron chi connectivity index (χ3n) is 5.65. The van der Waals surface area contributed by atoms with Crippen LogP contribution in [0.4, 0.5) is 23.1 Å². The fraction of sp³-hybridized carbons (Fsp3) is 0.292.